The van der Waals surface area contributed by atoms with E-state index in [1.165, 1.54) is 6.20 Å². The van der Waals surface area contributed by atoms with Crippen molar-refractivity contribution in [3.8, 4) is 0 Å². The number of nitro benzene ring substituents is 1. The second-order valence-corrected chi connectivity index (χ2v) is 5.21. The van der Waals surface area contributed by atoms with Crippen molar-refractivity contribution in [1.82, 2.24) is 4.98 Å². The van der Waals surface area contributed by atoms with Crippen molar-refractivity contribution in [1.29, 1.82) is 0 Å². The maximum absolute atomic E-state index is 14.4. The Morgan fingerprint density at radius 3 is 2.81 bits per heavy atom. The van der Waals surface area contributed by atoms with Crippen molar-refractivity contribution >= 4 is 22.3 Å². The Morgan fingerprint density at radius 1 is 1.43 bits per heavy atom. The molecule has 2 aromatic rings. The van der Waals surface area contributed by atoms with E-state index in [1.807, 2.05) is 4.90 Å². The molecule has 110 valence electrons. The van der Waals surface area contributed by atoms with Gasteiger partial charge in [-0.25, -0.2) is 4.39 Å². The molecule has 0 spiro atoms. The summed E-state index contributed by atoms with van der Waals surface area (Å²) in [6.07, 6.45) is 3.06. The van der Waals surface area contributed by atoms with Crippen molar-refractivity contribution in [2.45, 2.75) is 18.9 Å². The molecule has 0 aliphatic carbocycles. The van der Waals surface area contributed by atoms with Gasteiger partial charge in [-0.3, -0.25) is 15.1 Å². The molecule has 1 aliphatic rings. The average Bonchev–Trinajstić information content (AvgIpc) is 2.47. The van der Waals surface area contributed by atoms with Gasteiger partial charge in [-0.05, 0) is 25.0 Å². The summed E-state index contributed by atoms with van der Waals surface area (Å²) in [5.74, 6) is -0.608. The molecule has 7 heteroatoms. The molecule has 0 unspecified atom stereocenters. The highest BCUT2D eigenvalue weighted by Gasteiger charge is 2.25. The lowest BCUT2D eigenvalue weighted by molar-refractivity contribution is -0.383. The summed E-state index contributed by atoms with van der Waals surface area (Å²) >= 11 is 0. The maximum Gasteiger partial charge on any atom is 0.281 e. The van der Waals surface area contributed by atoms with Gasteiger partial charge in [0.05, 0.1) is 16.4 Å². The molecule has 2 heterocycles. The van der Waals surface area contributed by atoms with Gasteiger partial charge in [0, 0.05) is 25.3 Å². The number of anilines is 1. The summed E-state index contributed by atoms with van der Waals surface area (Å²) in [5, 5.41) is 11.4. The fourth-order valence-electron chi connectivity index (χ4n) is 2.75. The summed E-state index contributed by atoms with van der Waals surface area (Å²) < 4.78 is 14.4. The zero-order valence-electron chi connectivity index (χ0n) is 11.3. The first-order valence-corrected chi connectivity index (χ1v) is 6.80. The van der Waals surface area contributed by atoms with Crippen LogP contribution in [0.5, 0.6) is 0 Å². The Bertz CT molecular complexity index is 699. The first-order valence-electron chi connectivity index (χ1n) is 6.80. The van der Waals surface area contributed by atoms with Gasteiger partial charge in [-0.15, -0.1) is 0 Å². The third-order valence-electron chi connectivity index (χ3n) is 3.85. The summed E-state index contributed by atoms with van der Waals surface area (Å²) in [4.78, 5) is 16.5. The normalized spacial score (nSPS) is 16.4. The van der Waals surface area contributed by atoms with Gasteiger partial charge < -0.3 is 10.6 Å². The number of hydrogen-bond donors (Lipinski definition) is 1. The van der Waals surface area contributed by atoms with Crippen molar-refractivity contribution in [3.63, 3.8) is 0 Å². The summed E-state index contributed by atoms with van der Waals surface area (Å²) in [6.45, 7) is 1.25. The first-order chi connectivity index (χ1) is 10.1. The number of nitro groups is 1. The molecule has 1 aromatic heterocycles. The summed E-state index contributed by atoms with van der Waals surface area (Å²) in [7, 11) is 0. The van der Waals surface area contributed by atoms with E-state index in [0.29, 0.717) is 29.7 Å². The van der Waals surface area contributed by atoms with Crippen LogP contribution in [-0.4, -0.2) is 29.0 Å². The zero-order chi connectivity index (χ0) is 15.0. The molecule has 1 fully saturated rings. The molecule has 21 heavy (non-hydrogen) atoms. The van der Waals surface area contributed by atoms with Gasteiger partial charge in [0.1, 0.15) is 11.2 Å². The number of fused-ring (bicyclic) bond motifs is 1. The zero-order valence-corrected chi connectivity index (χ0v) is 11.3. The highest BCUT2D eigenvalue weighted by atomic mass is 19.1. The predicted octanol–water partition coefficient (Wildman–Crippen LogP) is 2.21. The van der Waals surface area contributed by atoms with Gasteiger partial charge in [-0.2, -0.15) is 0 Å². The van der Waals surface area contributed by atoms with Crippen LogP contribution in [0, 0.1) is 15.9 Å². The molecule has 0 saturated carbocycles. The van der Waals surface area contributed by atoms with Crippen molar-refractivity contribution < 1.29 is 9.31 Å². The number of benzene rings is 1. The number of aromatic nitrogens is 1. The van der Waals surface area contributed by atoms with Gasteiger partial charge in [0.25, 0.3) is 5.69 Å². The number of piperidine rings is 1. The maximum atomic E-state index is 14.4. The van der Waals surface area contributed by atoms with Crippen LogP contribution >= 0.6 is 0 Å². The van der Waals surface area contributed by atoms with E-state index < -0.39 is 10.7 Å². The van der Waals surface area contributed by atoms with E-state index in [4.69, 9.17) is 5.73 Å². The van der Waals surface area contributed by atoms with E-state index >= 15 is 0 Å². The second kappa shape index (κ2) is 5.25. The number of pyridine rings is 1. The number of nitrogens with two attached hydrogens (primary N) is 1. The topological polar surface area (TPSA) is 85.3 Å². The number of halogens is 1. The van der Waals surface area contributed by atoms with E-state index in [0.717, 1.165) is 18.9 Å². The Kier molecular flexibility index (Phi) is 3.42. The van der Waals surface area contributed by atoms with Crippen LogP contribution in [0.4, 0.5) is 15.8 Å². The molecule has 1 saturated heterocycles. The lowest BCUT2D eigenvalue weighted by atomic mass is 10.0. The predicted molar refractivity (Wildman–Crippen MR) is 77.8 cm³/mol. The molecule has 1 aliphatic heterocycles. The van der Waals surface area contributed by atoms with Gasteiger partial charge in [-0.1, -0.05) is 0 Å². The molecule has 1 aromatic carbocycles. The Morgan fingerprint density at radius 2 is 2.14 bits per heavy atom. The minimum Gasteiger partial charge on any atom is -0.367 e. The third-order valence-corrected chi connectivity index (χ3v) is 3.85. The third kappa shape index (κ3) is 2.40. The minimum atomic E-state index is -0.608. The second-order valence-electron chi connectivity index (χ2n) is 5.21. The molecule has 0 bridgehead atoms. The molecule has 3 rings (SSSR count). The van der Waals surface area contributed by atoms with Gasteiger partial charge in [0.15, 0.2) is 5.82 Å². The average molecular weight is 290 g/mol. The molecular weight excluding hydrogens is 275 g/mol. The van der Waals surface area contributed by atoms with Gasteiger partial charge in [0.2, 0.25) is 0 Å². The fourth-order valence-corrected chi connectivity index (χ4v) is 2.75. The van der Waals surface area contributed by atoms with Crippen LogP contribution in [0.2, 0.25) is 0 Å². The molecular formula is C14H15FN4O2. The molecule has 0 amide bonds. The van der Waals surface area contributed by atoms with Crippen molar-refractivity contribution in [2.75, 3.05) is 18.0 Å². The van der Waals surface area contributed by atoms with E-state index in [2.05, 4.69) is 4.98 Å². The van der Waals surface area contributed by atoms with Crippen LogP contribution in [0.25, 0.3) is 10.9 Å². The van der Waals surface area contributed by atoms with Crippen LogP contribution in [0.15, 0.2) is 24.4 Å². The number of nitrogens with zero attached hydrogens (tertiary/aromatic N) is 3. The Hall–Kier alpha value is -2.28. The first kappa shape index (κ1) is 13.7. The van der Waals surface area contributed by atoms with Gasteiger partial charge >= 0.3 is 0 Å². The number of hydrogen-bond acceptors (Lipinski definition) is 5. The summed E-state index contributed by atoms with van der Waals surface area (Å²) in [6, 6.07) is 4.32. The molecule has 6 nitrogen and oxygen atoms in total. The monoisotopic (exact) mass is 290 g/mol. The fraction of sp³-hybridized carbons (Fsp3) is 0.357. The lowest BCUT2D eigenvalue weighted by Gasteiger charge is -2.32. The molecule has 0 atom stereocenters. The smallest absolute Gasteiger partial charge is 0.281 e. The van der Waals surface area contributed by atoms with Crippen LogP contribution < -0.4 is 10.6 Å². The van der Waals surface area contributed by atoms with E-state index in [1.54, 1.807) is 12.1 Å². The SMILES string of the molecule is NC1CCN(c2c(F)cc([N+](=O)[O-])c3cccnc23)CC1. The van der Waals surface area contributed by atoms with E-state index in [9.17, 15) is 14.5 Å². The van der Waals surface area contributed by atoms with Crippen molar-refractivity contribution in [3.05, 3.63) is 40.3 Å². The quantitative estimate of drug-likeness (QED) is 0.677. The molecule has 2 N–H and O–H groups in total. The number of non-ortho nitro benzene ring substituents is 1. The largest absolute Gasteiger partial charge is 0.367 e. The number of rotatable bonds is 2. The highest BCUT2D eigenvalue weighted by molar-refractivity contribution is 5.97. The van der Waals surface area contributed by atoms with Crippen LogP contribution in [0.1, 0.15) is 12.8 Å². The minimum absolute atomic E-state index is 0.126. The van der Waals surface area contributed by atoms with Crippen LogP contribution in [0.3, 0.4) is 0 Å². The highest BCUT2D eigenvalue weighted by Crippen LogP contribution is 2.35. The Labute approximate surface area is 120 Å². The lowest BCUT2D eigenvalue weighted by Crippen LogP contribution is -2.40. The molecule has 0 radical (unpaired) electrons. The van der Waals surface area contributed by atoms with E-state index in [-0.39, 0.29) is 11.7 Å². The standard InChI is InChI=1S/C14H15FN4O2/c15-11-8-12(19(20)21)10-2-1-5-17-13(10)14(11)18-6-3-9(16)4-7-18/h1-2,5,8-9H,3-4,6-7,16H2. The summed E-state index contributed by atoms with van der Waals surface area (Å²) in [5.41, 5.74) is 6.28. The van der Waals surface area contributed by atoms with Crippen LogP contribution in [-0.2, 0) is 0 Å². The van der Waals surface area contributed by atoms with Crippen molar-refractivity contribution in [2.24, 2.45) is 5.73 Å². The Balaban J connectivity index is 2.17.